The molecule has 2 amide bonds. The second kappa shape index (κ2) is 7.92. The highest BCUT2D eigenvalue weighted by atomic mass is 16.2. The van der Waals surface area contributed by atoms with Crippen molar-refractivity contribution >= 4 is 17.5 Å². The molecule has 5 heteroatoms. The van der Waals surface area contributed by atoms with Crippen LogP contribution < -0.4 is 16.4 Å². The third-order valence-corrected chi connectivity index (χ3v) is 2.45. The van der Waals surface area contributed by atoms with E-state index >= 15 is 0 Å². The molecule has 0 aliphatic carbocycles. The summed E-state index contributed by atoms with van der Waals surface area (Å²) in [5.41, 5.74) is 6.61. The van der Waals surface area contributed by atoms with Crippen LogP contribution in [0.25, 0.3) is 0 Å². The Morgan fingerprint density at radius 3 is 2.53 bits per heavy atom. The van der Waals surface area contributed by atoms with Gasteiger partial charge in [-0.3, -0.25) is 9.59 Å². The number of amides is 2. The summed E-state index contributed by atoms with van der Waals surface area (Å²) in [5, 5.41) is 5.26. The lowest BCUT2D eigenvalue weighted by molar-refractivity contribution is -0.120. The Balaban J connectivity index is 2.30. The topological polar surface area (TPSA) is 84.2 Å². The van der Waals surface area contributed by atoms with Gasteiger partial charge in [-0.1, -0.05) is 12.2 Å². The number of rotatable bonds is 6. The van der Waals surface area contributed by atoms with Gasteiger partial charge in [-0.15, -0.1) is 0 Å². The number of anilines is 1. The molecule has 0 spiro atoms. The van der Waals surface area contributed by atoms with Crippen LogP contribution in [0.1, 0.15) is 23.7 Å². The lowest BCUT2D eigenvalue weighted by Crippen LogP contribution is -2.37. The zero-order valence-electron chi connectivity index (χ0n) is 11.0. The fourth-order valence-electron chi connectivity index (χ4n) is 1.42. The number of nitrogens with one attached hydrogen (secondary N) is 2. The highest BCUT2D eigenvalue weighted by molar-refractivity contribution is 5.96. The Hall–Kier alpha value is -2.30. The van der Waals surface area contributed by atoms with E-state index in [2.05, 4.69) is 10.6 Å². The van der Waals surface area contributed by atoms with E-state index in [9.17, 15) is 9.59 Å². The molecule has 0 atom stereocenters. The second-order valence-electron chi connectivity index (χ2n) is 4.01. The molecule has 4 N–H and O–H groups in total. The molecule has 0 unspecified atom stereocenters. The number of nitrogen functional groups attached to an aromatic ring is 1. The quantitative estimate of drug-likeness (QED) is 0.407. The third kappa shape index (κ3) is 5.72. The van der Waals surface area contributed by atoms with Crippen LogP contribution in [0.5, 0.6) is 0 Å². The minimum Gasteiger partial charge on any atom is -0.399 e. The minimum atomic E-state index is -0.288. The molecule has 0 bridgehead atoms. The van der Waals surface area contributed by atoms with E-state index in [-0.39, 0.29) is 18.4 Å². The van der Waals surface area contributed by atoms with E-state index in [4.69, 9.17) is 5.73 Å². The summed E-state index contributed by atoms with van der Waals surface area (Å²) in [6.45, 7) is 2.47. The van der Waals surface area contributed by atoms with Gasteiger partial charge in [0.05, 0.1) is 6.54 Å². The van der Waals surface area contributed by atoms with Gasteiger partial charge in [-0.05, 0) is 37.6 Å². The molecule has 102 valence electrons. The number of hydrogen-bond donors (Lipinski definition) is 3. The van der Waals surface area contributed by atoms with Crippen molar-refractivity contribution in [2.45, 2.75) is 13.3 Å². The first-order chi connectivity index (χ1) is 9.13. The van der Waals surface area contributed by atoms with Crippen molar-refractivity contribution in [3.8, 4) is 0 Å². The molecule has 0 radical (unpaired) electrons. The molecule has 0 fully saturated rings. The fraction of sp³-hybridized carbons (Fsp3) is 0.286. The summed E-state index contributed by atoms with van der Waals surface area (Å²) >= 11 is 0. The first-order valence-electron chi connectivity index (χ1n) is 6.15. The van der Waals surface area contributed by atoms with Crippen molar-refractivity contribution in [2.75, 3.05) is 18.8 Å². The largest absolute Gasteiger partial charge is 0.399 e. The maximum Gasteiger partial charge on any atom is 0.251 e. The maximum absolute atomic E-state index is 11.7. The summed E-state index contributed by atoms with van der Waals surface area (Å²) in [7, 11) is 0. The average molecular weight is 261 g/mol. The van der Waals surface area contributed by atoms with Crippen LogP contribution in [0.4, 0.5) is 5.69 Å². The van der Waals surface area contributed by atoms with Gasteiger partial charge in [0.15, 0.2) is 0 Å². The van der Waals surface area contributed by atoms with Crippen LogP contribution in [-0.4, -0.2) is 24.9 Å². The maximum atomic E-state index is 11.7. The summed E-state index contributed by atoms with van der Waals surface area (Å²) in [4.78, 5) is 23.1. The minimum absolute atomic E-state index is 0.0287. The molecule has 5 nitrogen and oxygen atoms in total. The van der Waals surface area contributed by atoms with Gasteiger partial charge >= 0.3 is 0 Å². The van der Waals surface area contributed by atoms with E-state index in [1.807, 2.05) is 19.1 Å². The lowest BCUT2D eigenvalue weighted by Gasteiger charge is -2.06. The molecule has 0 saturated carbocycles. The zero-order valence-corrected chi connectivity index (χ0v) is 11.0. The highest BCUT2D eigenvalue weighted by Gasteiger charge is 2.06. The Kier molecular flexibility index (Phi) is 6.15. The summed E-state index contributed by atoms with van der Waals surface area (Å²) in [6.07, 6.45) is 4.68. The Labute approximate surface area is 112 Å². The van der Waals surface area contributed by atoms with E-state index in [1.165, 1.54) is 0 Å². The van der Waals surface area contributed by atoms with Crippen molar-refractivity contribution in [3.05, 3.63) is 42.0 Å². The van der Waals surface area contributed by atoms with Gasteiger partial charge in [0.1, 0.15) is 0 Å². The molecule has 1 aromatic rings. The van der Waals surface area contributed by atoms with E-state index in [1.54, 1.807) is 24.3 Å². The summed E-state index contributed by atoms with van der Waals surface area (Å²) in [6, 6.07) is 6.53. The monoisotopic (exact) mass is 261 g/mol. The van der Waals surface area contributed by atoms with Crippen LogP contribution in [0.3, 0.4) is 0 Å². The van der Waals surface area contributed by atoms with E-state index in [0.29, 0.717) is 17.8 Å². The summed E-state index contributed by atoms with van der Waals surface area (Å²) < 4.78 is 0. The highest BCUT2D eigenvalue weighted by Crippen LogP contribution is 2.04. The van der Waals surface area contributed by atoms with Gasteiger partial charge in [-0.25, -0.2) is 0 Å². The second-order valence-corrected chi connectivity index (χ2v) is 4.01. The number of allylic oxidation sites excluding steroid dienone is 1. The predicted octanol–water partition coefficient (Wildman–Crippen LogP) is 1.08. The molecule has 0 aliphatic heterocycles. The molecular weight excluding hydrogens is 242 g/mol. The normalized spacial score (nSPS) is 10.4. The fourth-order valence-corrected chi connectivity index (χ4v) is 1.42. The van der Waals surface area contributed by atoms with Crippen molar-refractivity contribution < 1.29 is 9.59 Å². The molecule has 0 heterocycles. The van der Waals surface area contributed by atoms with E-state index < -0.39 is 0 Å². The van der Waals surface area contributed by atoms with Crippen molar-refractivity contribution in [1.82, 2.24) is 10.6 Å². The Morgan fingerprint density at radius 2 is 1.89 bits per heavy atom. The van der Waals surface area contributed by atoms with Crippen LogP contribution in [0.2, 0.25) is 0 Å². The standard InChI is InChI=1S/C14H19N3O2/c1-2-3-4-9-16-13(18)10-17-14(19)11-5-7-12(15)8-6-11/h2-3,5-8H,4,9-10,15H2,1H3,(H,16,18)(H,17,19)/b3-2+. The van der Waals surface area contributed by atoms with Crippen LogP contribution in [0.15, 0.2) is 36.4 Å². The Bertz CT molecular complexity index is 452. The molecular formula is C14H19N3O2. The predicted molar refractivity (Wildman–Crippen MR) is 75.6 cm³/mol. The van der Waals surface area contributed by atoms with Crippen molar-refractivity contribution in [2.24, 2.45) is 0 Å². The van der Waals surface area contributed by atoms with Crippen LogP contribution in [-0.2, 0) is 4.79 Å². The van der Waals surface area contributed by atoms with Crippen LogP contribution >= 0.6 is 0 Å². The molecule has 0 aliphatic rings. The number of carbonyl (C=O) groups is 2. The van der Waals surface area contributed by atoms with Gasteiger partial charge in [0.25, 0.3) is 5.91 Å². The molecule has 0 saturated heterocycles. The first kappa shape index (κ1) is 14.8. The third-order valence-electron chi connectivity index (χ3n) is 2.45. The molecule has 1 aromatic carbocycles. The van der Waals surface area contributed by atoms with Gasteiger partial charge in [-0.2, -0.15) is 0 Å². The van der Waals surface area contributed by atoms with E-state index in [0.717, 1.165) is 6.42 Å². The van der Waals surface area contributed by atoms with Crippen molar-refractivity contribution in [3.63, 3.8) is 0 Å². The first-order valence-corrected chi connectivity index (χ1v) is 6.15. The molecule has 19 heavy (non-hydrogen) atoms. The molecule has 1 rings (SSSR count). The number of carbonyl (C=O) groups excluding carboxylic acids is 2. The van der Waals surface area contributed by atoms with Crippen LogP contribution in [0, 0.1) is 0 Å². The smallest absolute Gasteiger partial charge is 0.251 e. The number of benzene rings is 1. The number of nitrogens with two attached hydrogens (primary N) is 1. The zero-order chi connectivity index (χ0) is 14.1. The SMILES string of the molecule is C/C=C/CCNC(=O)CNC(=O)c1ccc(N)cc1. The average Bonchev–Trinajstić information content (AvgIpc) is 2.42. The van der Waals surface area contributed by atoms with Gasteiger partial charge in [0.2, 0.25) is 5.91 Å². The van der Waals surface area contributed by atoms with Crippen molar-refractivity contribution in [1.29, 1.82) is 0 Å². The number of hydrogen-bond acceptors (Lipinski definition) is 3. The van der Waals surface area contributed by atoms with Gasteiger partial charge in [0, 0.05) is 17.8 Å². The molecule has 0 aromatic heterocycles. The summed E-state index contributed by atoms with van der Waals surface area (Å²) in [5.74, 6) is -0.489. The lowest BCUT2D eigenvalue weighted by atomic mass is 10.2. The Morgan fingerprint density at radius 1 is 1.21 bits per heavy atom. The van der Waals surface area contributed by atoms with Gasteiger partial charge < -0.3 is 16.4 Å².